The minimum atomic E-state index is -0.477. The van der Waals surface area contributed by atoms with Crippen molar-refractivity contribution in [2.75, 3.05) is 0 Å². The molecule has 0 radical (unpaired) electrons. The van der Waals surface area contributed by atoms with Crippen molar-refractivity contribution in [2.45, 2.75) is 27.4 Å². The number of aromatic nitrogens is 1. The summed E-state index contributed by atoms with van der Waals surface area (Å²) in [6, 6.07) is 17.5. The van der Waals surface area contributed by atoms with Crippen LogP contribution in [0.25, 0.3) is 12.2 Å². The van der Waals surface area contributed by atoms with E-state index < -0.39 is 5.41 Å². The number of aromatic amines is 1. The van der Waals surface area contributed by atoms with Gasteiger partial charge in [-0.1, -0.05) is 63.2 Å². The molecule has 0 amide bonds. The van der Waals surface area contributed by atoms with Gasteiger partial charge in [-0.2, -0.15) is 0 Å². The molecule has 144 valence electrons. The molecular weight excluding hydrogens is 370 g/mol. The Balaban J connectivity index is 1.83. The third-order valence-corrected chi connectivity index (χ3v) is 5.05. The first-order chi connectivity index (χ1) is 13.3. The second-order valence-corrected chi connectivity index (χ2v) is 8.62. The Bertz CT molecular complexity index is 1130. The zero-order valence-electron chi connectivity index (χ0n) is 16.2. The van der Waals surface area contributed by atoms with Gasteiger partial charge in [0, 0.05) is 11.5 Å². The lowest BCUT2D eigenvalue weighted by molar-refractivity contribution is -0.119. The molecule has 0 saturated heterocycles. The number of hydrogen-bond donors (Lipinski definition) is 1. The van der Waals surface area contributed by atoms with E-state index in [1.54, 1.807) is 6.08 Å². The van der Waals surface area contributed by atoms with Crippen LogP contribution in [-0.4, -0.2) is 10.8 Å². The Labute approximate surface area is 167 Å². The molecule has 5 heteroatoms. The lowest BCUT2D eigenvalue weighted by atomic mass is 9.91. The van der Waals surface area contributed by atoms with Crippen molar-refractivity contribution in [2.24, 2.45) is 5.41 Å². The van der Waals surface area contributed by atoms with Gasteiger partial charge in [-0.05, 0) is 29.3 Å². The van der Waals surface area contributed by atoms with Gasteiger partial charge in [0.25, 0.3) is 5.56 Å². The van der Waals surface area contributed by atoms with Crippen molar-refractivity contribution >= 4 is 29.3 Å². The fourth-order valence-electron chi connectivity index (χ4n) is 2.45. The summed E-state index contributed by atoms with van der Waals surface area (Å²) < 4.78 is 6.95. The van der Waals surface area contributed by atoms with E-state index in [4.69, 9.17) is 4.74 Å². The van der Waals surface area contributed by atoms with Gasteiger partial charge >= 0.3 is 0 Å². The summed E-state index contributed by atoms with van der Waals surface area (Å²) in [5.41, 5.74) is 1.28. The highest BCUT2D eigenvalue weighted by molar-refractivity contribution is 7.07. The minimum Gasteiger partial charge on any atom is -0.489 e. The summed E-state index contributed by atoms with van der Waals surface area (Å²) >= 11 is 1.27. The number of thiazole rings is 1. The second kappa shape index (κ2) is 8.40. The molecule has 0 aliphatic rings. The number of carbonyl (C=O) groups excluding carboxylic acids is 1. The topological polar surface area (TPSA) is 59.2 Å². The molecule has 0 atom stereocenters. The van der Waals surface area contributed by atoms with Crippen molar-refractivity contribution < 1.29 is 9.53 Å². The van der Waals surface area contributed by atoms with Crippen LogP contribution < -0.4 is 19.5 Å². The van der Waals surface area contributed by atoms with E-state index in [9.17, 15) is 9.59 Å². The van der Waals surface area contributed by atoms with E-state index >= 15 is 0 Å². The molecule has 0 unspecified atom stereocenters. The second-order valence-electron chi connectivity index (χ2n) is 7.53. The molecule has 0 bridgehead atoms. The number of ether oxygens (including phenoxy) is 1. The normalized spacial score (nSPS) is 13.0. The fourth-order valence-corrected chi connectivity index (χ4v) is 3.33. The highest BCUT2D eigenvalue weighted by Crippen LogP contribution is 2.16. The van der Waals surface area contributed by atoms with Gasteiger partial charge in [0.15, 0.2) is 5.78 Å². The largest absolute Gasteiger partial charge is 0.489 e. The lowest BCUT2D eigenvalue weighted by Gasteiger charge is -2.12. The summed E-state index contributed by atoms with van der Waals surface area (Å²) in [6.45, 7) is 6.04. The van der Waals surface area contributed by atoms with E-state index in [2.05, 4.69) is 4.98 Å². The Hall–Kier alpha value is -2.92. The van der Waals surface area contributed by atoms with Crippen molar-refractivity contribution in [1.82, 2.24) is 4.98 Å². The fraction of sp³-hybridized carbons (Fsp3) is 0.217. The van der Waals surface area contributed by atoms with Gasteiger partial charge in [0.05, 0.1) is 9.20 Å². The van der Waals surface area contributed by atoms with Gasteiger partial charge in [0.2, 0.25) is 0 Å². The monoisotopic (exact) mass is 393 g/mol. The number of Topliss-reactive ketones (excluding diaryl/α,β-unsaturated/α-hetero) is 1. The van der Waals surface area contributed by atoms with Crippen LogP contribution in [0.3, 0.4) is 0 Å². The maximum atomic E-state index is 12.2. The SMILES string of the molecule is CC(C)(C)C(=O)C=c1[nH]c(=O)c(=Cc2cccc(OCc3ccccc3)c2)s1. The molecule has 1 aromatic heterocycles. The molecular formula is C23H23NO3S. The molecule has 0 saturated carbocycles. The predicted octanol–water partition coefficient (Wildman–Crippen LogP) is 3.24. The third kappa shape index (κ3) is 5.30. The Kier molecular flexibility index (Phi) is 5.95. The molecule has 0 spiro atoms. The summed E-state index contributed by atoms with van der Waals surface area (Å²) in [4.78, 5) is 27.1. The van der Waals surface area contributed by atoms with E-state index in [0.717, 1.165) is 16.9 Å². The molecule has 4 nitrogen and oxygen atoms in total. The van der Waals surface area contributed by atoms with Gasteiger partial charge < -0.3 is 9.72 Å². The Morgan fingerprint density at radius 2 is 1.86 bits per heavy atom. The molecule has 0 fully saturated rings. The first-order valence-corrected chi connectivity index (χ1v) is 9.87. The van der Waals surface area contributed by atoms with Crippen LogP contribution in [0.15, 0.2) is 59.4 Å². The number of carbonyl (C=O) groups is 1. The quantitative estimate of drug-likeness (QED) is 0.724. The van der Waals surface area contributed by atoms with Crippen LogP contribution in [0.2, 0.25) is 0 Å². The van der Waals surface area contributed by atoms with Crippen molar-refractivity contribution in [3.8, 4) is 5.75 Å². The summed E-state index contributed by atoms with van der Waals surface area (Å²) in [5.74, 6) is 0.716. The zero-order valence-corrected chi connectivity index (χ0v) is 17.0. The predicted molar refractivity (Wildman–Crippen MR) is 114 cm³/mol. The summed E-state index contributed by atoms with van der Waals surface area (Å²) in [6.07, 6.45) is 3.31. The molecule has 0 aliphatic heterocycles. The number of H-pyrrole nitrogens is 1. The van der Waals surface area contributed by atoms with Crippen molar-refractivity contribution in [3.05, 3.63) is 85.3 Å². The van der Waals surface area contributed by atoms with Crippen molar-refractivity contribution in [3.63, 3.8) is 0 Å². The lowest BCUT2D eigenvalue weighted by Crippen LogP contribution is -2.22. The van der Waals surface area contributed by atoms with Crippen LogP contribution in [0, 0.1) is 5.41 Å². The maximum Gasteiger partial charge on any atom is 0.266 e. The maximum absolute atomic E-state index is 12.2. The van der Waals surface area contributed by atoms with Gasteiger partial charge in [-0.3, -0.25) is 9.59 Å². The standard InChI is InChI=1S/C23H23NO3S/c1-23(2,3)20(25)14-21-24-22(26)19(28-21)13-17-10-7-11-18(12-17)27-15-16-8-5-4-6-9-16/h4-14H,15H2,1-3H3,(H,24,26). The van der Waals surface area contributed by atoms with Gasteiger partial charge in [-0.15, -0.1) is 11.3 Å². The first-order valence-electron chi connectivity index (χ1n) is 9.05. The van der Waals surface area contributed by atoms with E-state index in [-0.39, 0.29) is 11.3 Å². The summed E-state index contributed by atoms with van der Waals surface area (Å²) in [7, 11) is 0. The number of nitrogens with one attached hydrogen (secondary N) is 1. The van der Waals surface area contributed by atoms with Crippen LogP contribution >= 0.6 is 11.3 Å². The molecule has 2 aromatic carbocycles. The number of benzene rings is 2. The zero-order chi connectivity index (χ0) is 20.1. The highest BCUT2D eigenvalue weighted by atomic mass is 32.1. The van der Waals surface area contributed by atoms with E-state index in [1.807, 2.05) is 75.4 Å². The highest BCUT2D eigenvalue weighted by Gasteiger charge is 2.18. The number of ketones is 1. The van der Waals surface area contributed by atoms with Crippen LogP contribution in [0.1, 0.15) is 31.9 Å². The number of rotatable bonds is 5. The molecule has 3 aromatic rings. The molecule has 0 aliphatic carbocycles. The first kappa shape index (κ1) is 19.8. The van der Waals surface area contributed by atoms with Crippen LogP contribution in [0.4, 0.5) is 0 Å². The Morgan fingerprint density at radius 1 is 1.11 bits per heavy atom. The number of hydrogen-bond acceptors (Lipinski definition) is 4. The smallest absolute Gasteiger partial charge is 0.266 e. The minimum absolute atomic E-state index is 0.0205. The third-order valence-electron chi connectivity index (χ3n) is 4.09. The van der Waals surface area contributed by atoms with Crippen LogP contribution in [0.5, 0.6) is 5.75 Å². The van der Waals surface area contributed by atoms with E-state index in [1.165, 1.54) is 17.4 Å². The average molecular weight is 394 g/mol. The molecule has 3 rings (SSSR count). The van der Waals surface area contributed by atoms with E-state index in [0.29, 0.717) is 15.8 Å². The van der Waals surface area contributed by atoms with Gasteiger partial charge in [-0.25, -0.2) is 0 Å². The molecule has 1 heterocycles. The van der Waals surface area contributed by atoms with Crippen LogP contribution in [-0.2, 0) is 11.4 Å². The van der Waals surface area contributed by atoms with Gasteiger partial charge in [0.1, 0.15) is 12.4 Å². The Morgan fingerprint density at radius 3 is 2.57 bits per heavy atom. The molecule has 28 heavy (non-hydrogen) atoms. The summed E-state index contributed by atoms with van der Waals surface area (Å²) in [5, 5.41) is 0. The van der Waals surface area contributed by atoms with Crippen molar-refractivity contribution in [1.29, 1.82) is 0 Å². The average Bonchev–Trinajstić information content (AvgIpc) is 2.99. The molecule has 1 N–H and O–H groups in total.